The molecule has 0 radical (unpaired) electrons. The van der Waals surface area contributed by atoms with E-state index < -0.39 is 0 Å². The molecular weight excluding hydrogens is 376 g/mol. The fourth-order valence-electron chi connectivity index (χ4n) is 4.28. The summed E-state index contributed by atoms with van der Waals surface area (Å²) in [7, 11) is 0. The Balaban J connectivity index is 1.28. The van der Waals surface area contributed by atoms with Crippen molar-refractivity contribution in [2.45, 2.75) is 51.9 Å². The molecule has 4 heterocycles. The van der Waals surface area contributed by atoms with E-state index >= 15 is 0 Å². The van der Waals surface area contributed by atoms with E-state index in [0.29, 0.717) is 6.10 Å². The van der Waals surface area contributed by atoms with Gasteiger partial charge in [0.15, 0.2) is 5.82 Å². The summed E-state index contributed by atoms with van der Waals surface area (Å²) in [6, 6.07) is 10.6. The third kappa shape index (κ3) is 3.05. The predicted octanol–water partition coefficient (Wildman–Crippen LogP) is 3.15. The molecule has 152 valence electrons. The minimum atomic E-state index is 0.395. The number of hydrogen-bond donors (Lipinski definition) is 0. The number of hydrogen-bond acceptors (Lipinski definition) is 6. The van der Waals surface area contributed by atoms with Crippen molar-refractivity contribution in [3.63, 3.8) is 0 Å². The maximum Gasteiger partial charge on any atom is 0.152 e. The Morgan fingerprint density at radius 2 is 2.03 bits per heavy atom. The Hall–Kier alpha value is -3.22. The van der Waals surface area contributed by atoms with Gasteiger partial charge < -0.3 is 14.2 Å². The molecule has 7 heteroatoms. The first kappa shape index (κ1) is 17.6. The molecule has 2 aliphatic heterocycles. The summed E-state index contributed by atoms with van der Waals surface area (Å²) in [6.07, 6.45) is 5.51. The first-order valence-corrected chi connectivity index (χ1v) is 10.7. The second-order valence-corrected chi connectivity index (χ2v) is 8.16. The third-order valence-corrected chi connectivity index (χ3v) is 6.06. The van der Waals surface area contributed by atoms with Crippen LogP contribution in [0.2, 0.25) is 0 Å². The molecule has 7 nitrogen and oxygen atoms in total. The lowest BCUT2D eigenvalue weighted by Gasteiger charge is -2.29. The monoisotopic (exact) mass is 400 g/mol. The summed E-state index contributed by atoms with van der Waals surface area (Å²) < 4.78 is 8.24. The zero-order valence-electron chi connectivity index (χ0n) is 17.1. The van der Waals surface area contributed by atoms with Crippen LogP contribution in [0, 0.1) is 0 Å². The highest BCUT2D eigenvalue weighted by Gasteiger charge is 2.26. The van der Waals surface area contributed by atoms with Crippen molar-refractivity contribution in [1.82, 2.24) is 19.7 Å². The Kier molecular flexibility index (Phi) is 4.07. The second kappa shape index (κ2) is 6.93. The highest BCUT2D eigenvalue weighted by molar-refractivity contribution is 6.15. The van der Waals surface area contributed by atoms with E-state index in [4.69, 9.17) is 9.73 Å². The third-order valence-electron chi connectivity index (χ3n) is 6.06. The number of rotatable bonds is 5. The van der Waals surface area contributed by atoms with Gasteiger partial charge in [-0.2, -0.15) is 0 Å². The number of fused-ring (bicyclic) bond motifs is 2. The lowest BCUT2D eigenvalue weighted by atomic mass is 10.0. The Morgan fingerprint density at radius 1 is 1.10 bits per heavy atom. The van der Waals surface area contributed by atoms with Gasteiger partial charge in [0.1, 0.15) is 17.4 Å². The minimum absolute atomic E-state index is 0.395. The highest BCUT2D eigenvalue weighted by Crippen LogP contribution is 2.32. The van der Waals surface area contributed by atoms with Gasteiger partial charge >= 0.3 is 0 Å². The van der Waals surface area contributed by atoms with Crippen molar-refractivity contribution in [2.24, 2.45) is 4.99 Å². The molecule has 3 aromatic rings. The number of anilines is 1. The van der Waals surface area contributed by atoms with Gasteiger partial charge in [-0.15, -0.1) is 10.2 Å². The summed E-state index contributed by atoms with van der Waals surface area (Å²) in [6.45, 7) is 5.36. The molecule has 1 fully saturated rings. The van der Waals surface area contributed by atoms with Crippen LogP contribution in [0.5, 0.6) is 5.75 Å². The molecule has 30 heavy (non-hydrogen) atoms. The van der Waals surface area contributed by atoms with E-state index in [1.54, 1.807) is 0 Å². The van der Waals surface area contributed by atoms with Gasteiger partial charge in [0, 0.05) is 36.8 Å². The quantitative estimate of drug-likeness (QED) is 0.658. The molecule has 0 spiro atoms. The highest BCUT2D eigenvalue weighted by atomic mass is 16.5. The van der Waals surface area contributed by atoms with Crippen LogP contribution in [0.1, 0.15) is 48.1 Å². The van der Waals surface area contributed by atoms with Crippen LogP contribution in [0.15, 0.2) is 41.5 Å². The fourth-order valence-corrected chi connectivity index (χ4v) is 4.28. The second-order valence-electron chi connectivity index (χ2n) is 8.16. The van der Waals surface area contributed by atoms with Crippen LogP contribution in [0.4, 0.5) is 5.82 Å². The van der Waals surface area contributed by atoms with E-state index in [1.807, 2.05) is 12.3 Å². The molecule has 0 atom stereocenters. The van der Waals surface area contributed by atoms with Gasteiger partial charge in [0.2, 0.25) is 0 Å². The maximum atomic E-state index is 6.01. The van der Waals surface area contributed by atoms with Crippen molar-refractivity contribution in [1.29, 1.82) is 0 Å². The molecule has 0 N–H and O–H groups in total. The molecule has 0 amide bonds. The van der Waals surface area contributed by atoms with E-state index in [-0.39, 0.29) is 0 Å². The van der Waals surface area contributed by atoms with Gasteiger partial charge in [-0.05, 0) is 42.7 Å². The predicted molar refractivity (Wildman–Crippen MR) is 114 cm³/mol. The van der Waals surface area contributed by atoms with Gasteiger partial charge in [0.05, 0.1) is 24.9 Å². The van der Waals surface area contributed by atoms with Crippen molar-refractivity contribution >= 4 is 11.5 Å². The Morgan fingerprint density at radius 3 is 2.90 bits per heavy atom. The smallest absolute Gasteiger partial charge is 0.152 e. The van der Waals surface area contributed by atoms with Crippen molar-refractivity contribution in [3.05, 3.63) is 64.9 Å². The number of benzene rings is 1. The summed E-state index contributed by atoms with van der Waals surface area (Å²) in [5, 5.41) is 8.70. The number of pyridine rings is 1. The maximum absolute atomic E-state index is 6.01. The number of aryl methyl sites for hydroxylation is 1. The summed E-state index contributed by atoms with van der Waals surface area (Å²) >= 11 is 0. The first-order valence-electron chi connectivity index (χ1n) is 10.7. The van der Waals surface area contributed by atoms with E-state index in [9.17, 15) is 0 Å². The molecule has 1 saturated carbocycles. The number of aromatic nitrogens is 4. The molecular formula is C23H24N6O. The number of aliphatic imine (C=N–C) groups is 1. The number of ether oxygens (including phenoxy) is 1. The largest absolute Gasteiger partial charge is 0.490 e. The zero-order chi connectivity index (χ0) is 20.1. The molecule has 6 rings (SSSR count). The molecule has 2 aromatic heterocycles. The zero-order valence-corrected chi connectivity index (χ0v) is 17.1. The van der Waals surface area contributed by atoms with Crippen LogP contribution < -0.4 is 9.64 Å². The SMILES string of the molecule is CCc1nnc2n1CCN(c1cc(C3=NCc4ccc(OC5CC5)cc43)ccn1)C2. The normalized spacial score (nSPS) is 17.5. The van der Waals surface area contributed by atoms with Crippen molar-refractivity contribution < 1.29 is 4.74 Å². The first-order chi connectivity index (χ1) is 14.8. The number of nitrogens with zero attached hydrogens (tertiary/aromatic N) is 6. The van der Waals surface area contributed by atoms with E-state index in [2.05, 4.69) is 55.8 Å². The van der Waals surface area contributed by atoms with E-state index in [1.165, 1.54) is 11.1 Å². The molecule has 3 aliphatic rings. The summed E-state index contributed by atoms with van der Waals surface area (Å²) in [5.74, 6) is 3.98. The molecule has 1 aliphatic carbocycles. The van der Waals surface area contributed by atoms with Crippen LogP contribution >= 0.6 is 0 Å². The van der Waals surface area contributed by atoms with Gasteiger partial charge in [-0.25, -0.2) is 4.98 Å². The van der Waals surface area contributed by atoms with Gasteiger partial charge in [-0.1, -0.05) is 13.0 Å². The lowest BCUT2D eigenvalue weighted by Crippen LogP contribution is -2.35. The molecule has 1 aromatic carbocycles. The summed E-state index contributed by atoms with van der Waals surface area (Å²) in [4.78, 5) is 11.8. The van der Waals surface area contributed by atoms with Crippen LogP contribution in [-0.2, 0) is 26.1 Å². The summed E-state index contributed by atoms with van der Waals surface area (Å²) in [5.41, 5.74) is 4.56. The molecule has 0 unspecified atom stereocenters. The Labute approximate surface area is 175 Å². The fraction of sp³-hybridized carbons (Fsp3) is 0.391. The van der Waals surface area contributed by atoms with Crippen molar-refractivity contribution in [2.75, 3.05) is 11.4 Å². The van der Waals surface area contributed by atoms with Crippen LogP contribution in [-0.4, -0.2) is 38.1 Å². The van der Waals surface area contributed by atoms with Gasteiger partial charge in [0.25, 0.3) is 0 Å². The van der Waals surface area contributed by atoms with E-state index in [0.717, 1.165) is 79.9 Å². The average Bonchev–Trinajstić information content (AvgIpc) is 3.35. The molecule has 0 saturated heterocycles. The standard InChI is InChI=1S/C23H24N6O/c1-2-20-26-27-22-14-28(9-10-29(20)22)21-11-15(7-8-24-21)23-19-12-18(30-17-5-6-17)4-3-16(19)13-25-23/h3-4,7-8,11-12,17H,2,5-6,9-10,13-14H2,1H3. The molecule has 0 bridgehead atoms. The van der Waals surface area contributed by atoms with Crippen LogP contribution in [0.25, 0.3) is 0 Å². The van der Waals surface area contributed by atoms with Crippen LogP contribution in [0.3, 0.4) is 0 Å². The van der Waals surface area contributed by atoms with Crippen molar-refractivity contribution in [3.8, 4) is 5.75 Å². The lowest BCUT2D eigenvalue weighted by molar-refractivity contribution is 0.303. The average molecular weight is 400 g/mol. The van der Waals surface area contributed by atoms with Gasteiger partial charge in [-0.3, -0.25) is 4.99 Å². The topological polar surface area (TPSA) is 68.4 Å². The Bertz CT molecular complexity index is 1150. The minimum Gasteiger partial charge on any atom is -0.490 e.